The Labute approximate surface area is 158 Å². The molecule has 1 unspecified atom stereocenters. The Kier molecular flexibility index (Phi) is 5.14. The van der Waals surface area contributed by atoms with Crippen LogP contribution in [0.3, 0.4) is 0 Å². The Morgan fingerprint density at radius 3 is 2.54 bits per heavy atom. The molecular formula is C22H30N3Si+. The molecule has 1 aromatic carbocycles. The maximum absolute atomic E-state index is 5.00. The highest BCUT2D eigenvalue weighted by atomic mass is 28.3. The van der Waals surface area contributed by atoms with Gasteiger partial charge in [0.25, 0.3) is 0 Å². The molecule has 4 heteroatoms. The van der Waals surface area contributed by atoms with Gasteiger partial charge in [-0.05, 0) is 54.5 Å². The third-order valence-electron chi connectivity index (χ3n) is 5.59. The molecule has 1 aromatic rings. The lowest BCUT2D eigenvalue weighted by atomic mass is 10.1. The average molecular weight is 365 g/mol. The number of aliphatic imine (C=N–C) groups is 1. The molecule has 0 N–H and O–H groups in total. The maximum Gasteiger partial charge on any atom is 0.199 e. The lowest BCUT2D eigenvalue weighted by Crippen LogP contribution is -2.52. The molecular weight excluding hydrogens is 334 g/mol. The number of allylic oxidation sites excluding steroid dienone is 5. The summed E-state index contributed by atoms with van der Waals surface area (Å²) in [4.78, 5) is 7.17. The fourth-order valence-electron chi connectivity index (χ4n) is 3.97. The van der Waals surface area contributed by atoms with Crippen LogP contribution in [0.1, 0.15) is 13.8 Å². The van der Waals surface area contributed by atoms with Gasteiger partial charge in [0.05, 0.1) is 11.4 Å². The average Bonchev–Trinajstić information content (AvgIpc) is 2.63. The van der Waals surface area contributed by atoms with Crippen molar-refractivity contribution >= 4 is 36.1 Å². The number of hydrogen-bond acceptors (Lipinski definition) is 2. The van der Waals surface area contributed by atoms with E-state index in [0.29, 0.717) is 0 Å². The van der Waals surface area contributed by atoms with Crippen LogP contribution in [-0.4, -0.2) is 51.3 Å². The number of anilines is 1. The predicted octanol–water partition coefficient (Wildman–Crippen LogP) is 3.84. The van der Waals surface area contributed by atoms with Crippen LogP contribution in [0.15, 0.2) is 59.3 Å². The zero-order valence-electron chi connectivity index (χ0n) is 16.7. The summed E-state index contributed by atoms with van der Waals surface area (Å²) in [6, 6.07) is 7.73. The fraction of sp³-hybridized carbons (Fsp3) is 0.364. The van der Waals surface area contributed by atoms with Crippen LogP contribution < -0.4 is 10.1 Å². The quantitative estimate of drug-likeness (QED) is 0.336. The van der Waals surface area contributed by atoms with Gasteiger partial charge in [0.15, 0.2) is 5.71 Å². The van der Waals surface area contributed by atoms with Gasteiger partial charge in [-0.2, -0.15) is 0 Å². The minimum Gasteiger partial charge on any atom is -0.378 e. The first-order valence-corrected chi connectivity index (χ1v) is 12.2. The van der Waals surface area contributed by atoms with Crippen LogP contribution in [0.4, 0.5) is 11.4 Å². The molecule has 0 saturated carbocycles. The van der Waals surface area contributed by atoms with Gasteiger partial charge in [0.1, 0.15) is 21.2 Å². The van der Waals surface area contributed by atoms with E-state index in [0.717, 1.165) is 30.5 Å². The highest BCUT2D eigenvalue weighted by Crippen LogP contribution is 2.34. The van der Waals surface area contributed by atoms with Crippen molar-refractivity contribution in [2.75, 3.05) is 32.1 Å². The summed E-state index contributed by atoms with van der Waals surface area (Å²) in [6.45, 7) is 13.0. The highest BCUT2D eigenvalue weighted by Gasteiger charge is 2.41. The van der Waals surface area contributed by atoms with Gasteiger partial charge in [0.2, 0.25) is 0 Å². The summed E-state index contributed by atoms with van der Waals surface area (Å²) in [7, 11) is 2.27. The Morgan fingerprint density at radius 1 is 1.19 bits per heavy atom. The van der Waals surface area contributed by atoms with Crippen LogP contribution in [0, 0.1) is 0 Å². The molecule has 0 aromatic heterocycles. The molecule has 1 aliphatic carbocycles. The summed E-state index contributed by atoms with van der Waals surface area (Å²) in [6.07, 6.45) is 8.92. The number of nitrogens with zero attached hydrogens (tertiary/aromatic N) is 3. The topological polar surface area (TPSA) is 18.6 Å². The van der Waals surface area contributed by atoms with E-state index in [2.05, 4.69) is 93.0 Å². The third-order valence-corrected chi connectivity index (χ3v) is 9.87. The van der Waals surface area contributed by atoms with Gasteiger partial charge in [0, 0.05) is 31.9 Å². The summed E-state index contributed by atoms with van der Waals surface area (Å²) >= 11 is 0. The number of hydrogen-bond donors (Lipinski definition) is 0. The zero-order chi connectivity index (χ0) is 18.9. The van der Waals surface area contributed by atoms with Crippen molar-refractivity contribution in [1.82, 2.24) is 0 Å². The van der Waals surface area contributed by atoms with Gasteiger partial charge in [-0.25, -0.2) is 9.57 Å². The Morgan fingerprint density at radius 2 is 1.92 bits per heavy atom. The molecule has 0 fully saturated rings. The second kappa shape index (κ2) is 7.20. The molecule has 0 spiro atoms. The van der Waals surface area contributed by atoms with E-state index in [1.54, 1.807) is 0 Å². The highest BCUT2D eigenvalue weighted by molar-refractivity contribution is 7.02. The largest absolute Gasteiger partial charge is 0.378 e. The first kappa shape index (κ1) is 18.6. The van der Waals surface area contributed by atoms with Crippen molar-refractivity contribution in [2.45, 2.75) is 26.4 Å². The molecule has 1 aliphatic heterocycles. The standard InChI is InChI=1S/C22H30N3Si/c1-7-14-26(6)21-15-17(24(4)5)10-12-19(21)23-20-13-11-18(16-22(20)26)25(8-2)9-3/h7,10-13,15-16H,1,8-9,14H2,2-6H3/q+1. The smallest absolute Gasteiger partial charge is 0.199 e. The molecule has 136 valence electrons. The summed E-state index contributed by atoms with van der Waals surface area (Å²) < 4.78 is 2.41. The van der Waals surface area contributed by atoms with Crippen LogP contribution in [-0.2, 0) is 0 Å². The normalized spacial score (nSPS) is 20.7. The monoisotopic (exact) mass is 364 g/mol. The molecule has 3 rings (SSSR count). The van der Waals surface area contributed by atoms with Crippen molar-refractivity contribution in [3.63, 3.8) is 0 Å². The fourth-order valence-corrected chi connectivity index (χ4v) is 7.62. The van der Waals surface area contributed by atoms with Gasteiger partial charge >= 0.3 is 0 Å². The minimum atomic E-state index is -1.92. The molecule has 3 nitrogen and oxygen atoms in total. The Hall–Kier alpha value is -2.20. The summed E-state index contributed by atoms with van der Waals surface area (Å²) in [5.41, 5.74) is 4.82. The van der Waals surface area contributed by atoms with Crippen LogP contribution in [0.2, 0.25) is 12.6 Å². The van der Waals surface area contributed by atoms with Crippen LogP contribution in [0.25, 0.3) is 0 Å². The molecule has 1 atom stereocenters. The van der Waals surface area contributed by atoms with E-state index in [1.165, 1.54) is 21.8 Å². The molecule has 26 heavy (non-hydrogen) atoms. The second-order valence-corrected chi connectivity index (χ2v) is 11.6. The van der Waals surface area contributed by atoms with Crippen molar-refractivity contribution in [1.29, 1.82) is 0 Å². The molecule has 0 radical (unpaired) electrons. The zero-order valence-corrected chi connectivity index (χ0v) is 17.7. The van der Waals surface area contributed by atoms with Gasteiger partial charge in [-0.1, -0.05) is 12.6 Å². The van der Waals surface area contributed by atoms with E-state index < -0.39 is 8.07 Å². The van der Waals surface area contributed by atoms with Gasteiger partial charge in [-0.3, -0.25) is 0 Å². The van der Waals surface area contributed by atoms with E-state index in [4.69, 9.17) is 4.99 Å². The van der Waals surface area contributed by atoms with Crippen molar-refractivity contribution in [3.8, 4) is 0 Å². The number of rotatable bonds is 5. The first-order chi connectivity index (χ1) is 12.4. The minimum absolute atomic E-state index is 1.02. The molecule has 0 amide bonds. The second-order valence-electron chi connectivity index (χ2n) is 7.41. The van der Waals surface area contributed by atoms with Crippen LogP contribution in [0.5, 0.6) is 0 Å². The molecule has 0 bridgehead atoms. The van der Waals surface area contributed by atoms with Crippen molar-refractivity contribution < 1.29 is 4.58 Å². The first-order valence-electron chi connectivity index (χ1n) is 9.48. The number of benzene rings is 1. The van der Waals surface area contributed by atoms with Gasteiger partial charge in [-0.15, -0.1) is 6.58 Å². The maximum atomic E-state index is 5.00. The van der Waals surface area contributed by atoms with E-state index in [9.17, 15) is 0 Å². The predicted molar refractivity (Wildman–Crippen MR) is 118 cm³/mol. The SMILES string of the molecule is C=CC[Si]1(C)C2=CC(=[N+](CC)CC)C=CC2=Nc2ccc(N(C)C)cc21. The molecule has 0 saturated heterocycles. The summed E-state index contributed by atoms with van der Waals surface area (Å²) in [5.74, 6) is 0. The van der Waals surface area contributed by atoms with E-state index in [-0.39, 0.29) is 0 Å². The molecule has 2 aliphatic rings. The van der Waals surface area contributed by atoms with E-state index in [1.807, 2.05) is 0 Å². The van der Waals surface area contributed by atoms with Crippen molar-refractivity contribution in [3.05, 3.63) is 54.3 Å². The lowest BCUT2D eigenvalue weighted by Gasteiger charge is -2.36. The van der Waals surface area contributed by atoms with Crippen LogP contribution >= 0.6 is 0 Å². The molecule has 1 heterocycles. The van der Waals surface area contributed by atoms with E-state index >= 15 is 0 Å². The van der Waals surface area contributed by atoms with Gasteiger partial charge < -0.3 is 4.90 Å². The number of fused-ring (bicyclic) bond motifs is 2. The van der Waals surface area contributed by atoms with Crippen molar-refractivity contribution in [2.24, 2.45) is 4.99 Å². The Bertz CT molecular complexity index is 852. The third kappa shape index (κ3) is 3.03. The summed E-state index contributed by atoms with van der Waals surface area (Å²) in [5, 5.41) is 2.86. The Balaban J connectivity index is 2.24. The lowest BCUT2D eigenvalue weighted by molar-refractivity contribution is -0.519.